The van der Waals surface area contributed by atoms with E-state index in [0.717, 1.165) is 0 Å². The second kappa shape index (κ2) is 3.64. The Morgan fingerprint density at radius 3 is 2.67 bits per heavy atom. The Morgan fingerprint density at radius 2 is 2.25 bits per heavy atom. The van der Waals surface area contributed by atoms with Crippen LogP contribution in [0.15, 0.2) is 0 Å². The number of hydrogen-bond acceptors (Lipinski definition) is 3. The molecule has 1 aliphatic heterocycles. The predicted molar refractivity (Wildman–Crippen MR) is 41.1 cm³/mol. The Hall–Kier alpha value is -0.260. The van der Waals surface area contributed by atoms with Gasteiger partial charge in [-0.2, -0.15) is 0 Å². The van der Waals surface area contributed by atoms with Crippen LogP contribution in [0.5, 0.6) is 0 Å². The van der Waals surface area contributed by atoms with Gasteiger partial charge in [-0.1, -0.05) is 0 Å². The Bertz CT molecular complexity index is 154. The summed E-state index contributed by atoms with van der Waals surface area (Å²) in [5.41, 5.74) is 5.15. The van der Waals surface area contributed by atoms with E-state index in [4.69, 9.17) is 10.8 Å². The summed E-state index contributed by atoms with van der Waals surface area (Å²) in [5, 5.41) is 9.08. The van der Waals surface area contributed by atoms with Crippen molar-refractivity contribution in [3.63, 3.8) is 0 Å². The predicted octanol–water partition coefficient (Wildman–Crippen LogP) is -0.353. The highest BCUT2D eigenvalue weighted by molar-refractivity contribution is 4.82. The molecule has 0 radical (unpaired) electrons. The van der Waals surface area contributed by atoms with E-state index >= 15 is 0 Å². The highest BCUT2D eigenvalue weighted by Gasteiger charge is 2.38. The normalized spacial score (nSPS) is 26.0. The Labute approximate surface area is 70.1 Å². The zero-order valence-electron chi connectivity index (χ0n) is 6.84. The molecule has 1 aliphatic rings. The molecule has 3 nitrogen and oxygen atoms in total. The van der Waals surface area contributed by atoms with E-state index in [0.29, 0.717) is 6.54 Å². The summed E-state index contributed by atoms with van der Waals surface area (Å²) in [6.45, 7) is 0.488. The summed E-state index contributed by atoms with van der Waals surface area (Å²) < 4.78 is 25.2. The van der Waals surface area contributed by atoms with E-state index in [1.165, 1.54) is 4.90 Å². The molecule has 0 aromatic carbocycles. The zero-order chi connectivity index (χ0) is 9.19. The summed E-state index contributed by atoms with van der Waals surface area (Å²) in [6.07, 6.45) is -0.788. The Kier molecular flexibility index (Phi) is 2.98. The van der Waals surface area contributed by atoms with Crippen LogP contribution in [-0.2, 0) is 0 Å². The van der Waals surface area contributed by atoms with Crippen molar-refractivity contribution < 1.29 is 13.9 Å². The largest absolute Gasteiger partial charge is 0.390 e. The fraction of sp³-hybridized carbons (Fsp3) is 1.00. The van der Waals surface area contributed by atoms with Crippen molar-refractivity contribution in [3.05, 3.63) is 0 Å². The molecule has 1 saturated heterocycles. The number of nitrogens with two attached hydrogens (primary N) is 1. The van der Waals surface area contributed by atoms with Crippen LogP contribution < -0.4 is 5.73 Å². The number of hydrogen-bond donors (Lipinski definition) is 2. The van der Waals surface area contributed by atoms with Crippen molar-refractivity contribution in [2.75, 3.05) is 26.2 Å². The van der Waals surface area contributed by atoms with E-state index in [1.54, 1.807) is 0 Å². The maximum absolute atomic E-state index is 12.6. The quantitative estimate of drug-likeness (QED) is 0.624. The number of rotatable bonds is 3. The van der Waals surface area contributed by atoms with Crippen LogP contribution >= 0.6 is 0 Å². The van der Waals surface area contributed by atoms with Gasteiger partial charge in [-0.05, 0) is 0 Å². The van der Waals surface area contributed by atoms with Gasteiger partial charge in [0, 0.05) is 26.1 Å². The lowest BCUT2D eigenvalue weighted by Gasteiger charge is -2.18. The highest BCUT2D eigenvalue weighted by atomic mass is 19.3. The number of nitrogens with zero attached hydrogens (tertiary/aromatic N) is 1. The first-order chi connectivity index (χ1) is 5.53. The minimum absolute atomic E-state index is 0.107. The van der Waals surface area contributed by atoms with Crippen molar-refractivity contribution in [2.45, 2.75) is 18.4 Å². The molecule has 0 bridgehead atoms. The average molecular weight is 180 g/mol. The molecule has 0 aromatic rings. The monoisotopic (exact) mass is 180 g/mol. The SMILES string of the molecule is NCC(O)CN1CCC(F)(F)C1. The van der Waals surface area contributed by atoms with Gasteiger partial charge >= 0.3 is 0 Å². The standard InChI is InChI=1S/C7H14F2N2O/c8-7(9)1-2-11(5-7)4-6(12)3-10/h6,12H,1-5,10H2. The van der Waals surface area contributed by atoms with Gasteiger partial charge in [-0.15, -0.1) is 0 Å². The van der Waals surface area contributed by atoms with Gasteiger partial charge in [0.2, 0.25) is 0 Å². The molecule has 5 heteroatoms. The number of β-amino-alcohol motifs (C(OH)–C–C–N with tert-alkyl or cyclic N) is 1. The number of halogens is 2. The van der Waals surface area contributed by atoms with Gasteiger partial charge in [0.15, 0.2) is 0 Å². The summed E-state index contributed by atoms with van der Waals surface area (Å²) in [4.78, 5) is 1.54. The first-order valence-corrected chi connectivity index (χ1v) is 4.02. The molecule has 0 spiro atoms. The molecule has 72 valence electrons. The highest BCUT2D eigenvalue weighted by Crippen LogP contribution is 2.26. The van der Waals surface area contributed by atoms with Crippen molar-refractivity contribution in [1.29, 1.82) is 0 Å². The van der Waals surface area contributed by atoms with Gasteiger partial charge in [-0.25, -0.2) is 8.78 Å². The van der Waals surface area contributed by atoms with Gasteiger partial charge in [0.25, 0.3) is 5.92 Å². The van der Waals surface area contributed by atoms with Crippen molar-refractivity contribution in [1.82, 2.24) is 4.90 Å². The fourth-order valence-corrected chi connectivity index (χ4v) is 1.34. The van der Waals surface area contributed by atoms with E-state index in [-0.39, 0.29) is 26.1 Å². The Morgan fingerprint density at radius 1 is 1.58 bits per heavy atom. The molecule has 1 rings (SSSR count). The average Bonchev–Trinajstić information content (AvgIpc) is 2.30. The van der Waals surface area contributed by atoms with E-state index in [2.05, 4.69) is 0 Å². The van der Waals surface area contributed by atoms with E-state index in [1.807, 2.05) is 0 Å². The van der Waals surface area contributed by atoms with Crippen molar-refractivity contribution in [3.8, 4) is 0 Å². The molecular formula is C7H14F2N2O. The summed E-state index contributed by atoms with van der Waals surface area (Å²) in [7, 11) is 0. The van der Waals surface area contributed by atoms with Gasteiger partial charge in [-0.3, -0.25) is 4.90 Å². The molecule has 0 aromatic heterocycles. The zero-order valence-corrected chi connectivity index (χ0v) is 6.84. The molecular weight excluding hydrogens is 166 g/mol. The third kappa shape index (κ3) is 2.66. The molecule has 0 amide bonds. The number of likely N-dealkylation sites (tertiary alicyclic amines) is 1. The molecule has 1 fully saturated rings. The first kappa shape index (κ1) is 9.83. The van der Waals surface area contributed by atoms with Crippen LogP contribution in [0.1, 0.15) is 6.42 Å². The molecule has 0 saturated carbocycles. The topological polar surface area (TPSA) is 49.5 Å². The number of aliphatic hydroxyl groups excluding tert-OH is 1. The van der Waals surface area contributed by atoms with E-state index in [9.17, 15) is 8.78 Å². The van der Waals surface area contributed by atoms with Crippen LogP contribution in [-0.4, -0.2) is 48.2 Å². The second-order valence-corrected chi connectivity index (χ2v) is 3.23. The lowest BCUT2D eigenvalue weighted by molar-refractivity contribution is 0.00795. The molecule has 1 unspecified atom stereocenters. The van der Waals surface area contributed by atoms with Crippen LogP contribution in [0.4, 0.5) is 8.78 Å². The van der Waals surface area contributed by atoms with Crippen molar-refractivity contribution in [2.24, 2.45) is 5.73 Å². The molecule has 12 heavy (non-hydrogen) atoms. The maximum Gasteiger partial charge on any atom is 0.261 e. The Balaban J connectivity index is 2.28. The third-order valence-corrected chi connectivity index (χ3v) is 1.99. The molecule has 3 N–H and O–H groups in total. The molecule has 1 heterocycles. The smallest absolute Gasteiger partial charge is 0.261 e. The van der Waals surface area contributed by atoms with E-state index < -0.39 is 12.0 Å². The van der Waals surface area contributed by atoms with Crippen LogP contribution in [0, 0.1) is 0 Å². The molecule has 1 atom stereocenters. The van der Waals surface area contributed by atoms with Crippen LogP contribution in [0.25, 0.3) is 0 Å². The minimum atomic E-state index is -2.58. The lowest BCUT2D eigenvalue weighted by Crippen LogP contribution is -2.36. The number of alkyl halides is 2. The lowest BCUT2D eigenvalue weighted by atomic mass is 10.3. The summed E-state index contributed by atoms with van der Waals surface area (Å²) in [5.74, 6) is -2.58. The number of aliphatic hydroxyl groups is 1. The maximum atomic E-state index is 12.6. The minimum Gasteiger partial charge on any atom is -0.390 e. The van der Waals surface area contributed by atoms with Gasteiger partial charge in [0.1, 0.15) is 0 Å². The molecule has 0 aliphatic carbocycles. The summed E-state index contributed by atoms with van der Waals surface area (Å²) in [6, 6.07) is 0. The van der Waals surface area contributed by atoms with Gasteiger partial charge in [0.05, 0.1) is 12.6 Å². The first-order valence-electron chi connectivity index (χ1n) is 4.02. The van der Waals surface area contributed by atoms with Gasteiger partial charge < -0.3 is 10.8 Å². The van der Waals surface area contributed by atoms with Crippen LogP contribution in [0.2, 0.25) is 0 Å². The third-order valence-electron chi connectivity index (χ3n) is 1.99. The van der Waals surface area contributed by atoms with Crippen LogP contribution in [0.3, 0.4) is 0 Å². The summed E-state index contributed by atoms with van der Waals surface area (Å²) >= 11 is 0. The fourth-order valence-electron chi connectivity index (χ4n) is 1.34. The van der Waals surface area contributed by atoms with Crippen molar-refractivity contribution >= 4 is 0 Å². The second-order valence-electron chi connectivity index (χ2n) is 3.23.